The van der Waals surface area contributed by atoms with E-state index < -0.39 is 5.72 Å². The van der Waals surface area contributed by atoms with Gasteiger partial charge >= 0.3 is 0 Å². The van der Waals surface area contributed by atoms with Crippen molar-refractivity contribution in [3.05, 3.63) is 59.7 Å². The highest BCUT2D eigenvalue weighted by Gasteiger charge is 2.48. The van der Waals surface area contributed by atoms with Gasteiger partial charge < -0.3 is 10.1 Å². The lowest BCUT2D eigenvalue weighted by molar-refractivity contribution is 0.0490. The molecule has 0 aliphatic carbocycles. The van der Waals surface area contributed by atoms with E-state index in [9.17, 15) is 8.78 Å². The van der Waals surface area contributed by atoms with Gasteiger partial charge in [0.15, 0.2) is 10.8 Å². The van der Waals surface area contributed by atoms with Crippen molar-refractivity contribution in [3.8, 4) is 5.75 Å². The van der Waals surface area contributed by atoms with E-state index in [1.807, 2.05) is 6.92 Å². The first kappa shape index (κ1) is 14.4. The smallest absolute Gasteiger partial charge is 0.188 e. The summed E-state index contributed by atoms with van der Waals surface area (Å²) in [7, 11) is 0. The quantitative estimate of drug-likeness (QED) is 0.801. The molecule has 1 saturated heterocycles. The largest absolute Gasteiger partial charge is 0.467 e. The molecule has 1 N–H and O–H groups in total. The van der Waals surface area contributed by atoms with Crippen LogP contribution >= 0.6 is 12.2 Å². The van der Waals surface area contributed by atoms with Crippen molar-refractivity contribution in [2.75, 3.05) is 4.90 Å². The number of para-hydroxylation sites is 1. The molecule has 3 nitrogen and oxygen atoms in total. The minimum Gasteiger partial charge on any atom is -0.467 e. The zero-order chi connectivity index (χ0) is 16.2. The summed E-state index contributed by atoms with van der Waals surface area (Å²) in [6.45, 7) is 1.87. The Morgan fingerprint density at radius 3 is 2.83 bits per heavy atom. The van der Waals surface area contributed by atoms with Crippen LogP contribution in [0.4, 0.5) is 14.5 Å². The Hall–Kier alpha value is -2.21. The molecule has 2 aliphatic rings. The van der Waals surface area contributed by atoms with E-state index in [0.717, 1.165) is 5.56 Å². The molecule has 23 heavy (non-hydrogen) atoms. The fraction of sp³-hybridized carbons (Fsp3) is 0.235. The van der Waals surface area contributed by atoms with Gasteiger partial charge in [0, 0.05) is 12.0 Å². The van der Waals surface area contributed by atoms with E-state index in [2.05, 4.69) is 5.32 Å². The Balaban J connectivity index is 1.83. The first-order valence-electron chi connectivity index (χ1n) is 7.32. The third-order valence-corrected chi connectivity index (χ3v) is 4.63. The molecule has 6 heteroatoms. The lowest BCUT2D eigenvalue weighted by Crippen LogP contribution is -2.65. The minimum atomic E-state index is -0.833. The van der Waals surface area contributed by atoms with Crippen molar-refractivity contribution in [1.82, 2.24) is 5.32 Å². The number of hydrogen-bond donors (Lipinski definition) is 1. The number of benzene rings is 2. The second-order valence-electron chi connectivity index (χ2n) is 5.95. The van der Waals surface area contributed by atoms with Gasteiger partial charge in [-0.05, 0) is 49.5 Å². The molecular weight excluding hydrogens is 318 g/mol. The molecule has 2 heterocycles. The van der Waals surface area contributed by atoms with Crippen molar-refractivity contribution in [3.63, 3.8) is 0 Å². The zero-order valence-corrected chi connectivity index (χ0v) is 13.2. The predicted molar refractivity (Wildman–Crippen MR) is 87.4 cm³/mol. The van der Waals surface area contributed by atoms with Crippen LogP contribution in [0.1, 0.15) is 24.9 Å². The summed E-state index contributed by atoms with van der Waals surface area (Å²) in [6, 6.07) is 10.7. The summed E-state index contributed by atoms with van der Waals surface area (Å²) >= 11 is 5.43. The number of rotatable bonds is 1. The number of hydrogen-bond acceptors (Lipinski definition) is 2. The summed E-state index contributed by atoms with van der Waals surface area (Å²) < 4.78 is 33.9. The topological polar surface area (TPSA) is 24.5 Å². The molecule has 0 unspecified atom stereocenters. The normalized spacial score (nSPS) is 25.4. The number of ether oxygens (including phenoxy) is 1. The second kappa shape index (κ2) is 4.89. The van der Waals surface area contributed by atoms with Crippen molar-refractivity contribution >= 4 is 23.0 Å². The Kier molecular flexibility index (Phi) is 3.06. The Morgan fingerprint density at radius 1 is 1.26 bits per heavy atom. The fourth-order valence-corrected chi connectivity index (χ4v) is 3.78. The molecular formula is C17H14F2N2OS. The molecule has 0 saturated carbocycles. The van der Waals surface area contributed by atoms with Crippen LogP contribution in [-0.4, -0.2) is 10.8 Å². The predicted octanol–water partition coefficient (Wildman–Crippen LogP) is 3.90. The van der Waals surface area contributed by atoms with Crippen LogP contribution in [0, 0.1) is 11.6 Å². The van der Waals surface area contributed by atoms with Crippen LogP contribution < -0.4 is 15.0 Å². The maximum Gasteiger partial charge on any atom is 0.188 e. The van der Waals surface area contributed by atoms with Crippen molar-refractivity contribution in [2.45, 2.75) is 25.1 Å². The molecule has 118 valence electrons. The second-order valence-corrected chi connectivity index (χ2v) is 6.34. The van der Waals surface area contributed by atoms with Crippen LogP contribution in [0.5, 0.6) is 5.75 Å². The van der Waals surface area contributed by atoms with Gasteiger partial charge in [-0.1, -0.05) is 12.1 Å². The zero-order valence-electron chi connectivity index (χ0n) is 12.3. The van der Waals surface area contributed by atoms with Crippen molar-refractivity contribution in [2.24, 2.45) is 0 Å². The Morgan fingerprint density at radius 2 is 2.04 bits per heavy atom. The van der Waals surface area contributed by atoms with Gasteiger partial charge in [-0.25, -0.2) is 8.78 Å². The number of halogens is 2. The molecule has 4 rings (SSSR count). The molecule has 0 amide bonds. The lowest BCUT2D eigenvalue weighted by Gasteiger charge is -2.52. The van der Waals surface area contributed by atoms with E-state index in [0.29, 0.717) is 23.0 Å². The number of nitrogens with one attached hydrogen (secondary N) is 1. The first-order chi connectivity index (χ1) is 11.0. The summed E-state index contributed by atoms with van der Waals surface area (Å²) in [4.78, 5) is 1.65. The van der Waals surface area contributed by atoms with Gasteiger partial charge in [-0.15, -0.1) is 0 Å². The first-order valence-corrected chi connectivity index (χ1v) is 7.72. The lowest BCUT2D eigenvalue weighted by atomic mass is 9.90. The SMILES string of the molecule is C[C@@]12C[C@@H](NC(=S)N1c1ccccc1F)c1cc(F)ccc1O2. The van der Waals surface area contributed by atoms with Crippen LogP contribution in [0.3, 0.4) is 0 Å². The average Bonchev–Trinajstić information content (AvgIpc) is 2.49. The molecule has 2 atom stereocenters. The Labute approximate surface area is 137 Å². The third-order valence-electron chi connectivity index (χ3n) is 4.33. The molecule has 2 aliphatic heterocycles. The van der Waals surface area contributed by atoms with E-state index in [4.69, 9.17) is 17.0 Å². The molecule has 0 radical (unpaired) electrons. The number of nitrogens with zero attached hydrogens (tertiary/aromatic N) is 1. The maximum atomic E-state index is 14.3. The van der Waals surface area contributed by atoms with Crippen LogP contribution in [0.25, 0.3) is 0 Å². The molecule has 0 aromatic heterocycles. The standard InChI is InChI=1S/C17H14F2N2OS/c1-17-9-13(11-8-10(18)6-7-15(11)22-17)20-16(23)21(17)14-5-3-2-4-12(14)19/h2-8,13H,9H2,1H3,(H,20,23)/t13-,17-/m1/s1. The van der Waals surface area contributed by atoms with E-state index in [-0.39, 0.29) is 17.7 Å². The van der Waals surface area contributed by atoms with Crippen LogP contribution in [0.15, 0.2) is 42.5 Å². The van der Waals surface area contributed by atoms with Crippen molar-refractivity contribution < 1.29 is 13.5 Å². The van der Waals surface area contributed by atoms with Gasteiger partial charge in [-0.2, -0.15) is 0 Å². The van der Waals surface area contributed by atoms with E-state index >= 15 is 0 Å². The number of fused-ring (bicyclic) bond motifs is 4. The minimum absolute atomic E-state index is 0.157. The van der Waals surface area contributed by atoms with Crippen LogP contribution in [-0.2, 0) is 0 Å². The van der Waals surface area contributed by atoms with Gasteiger partial charge in [0.1, 0.15) is 17.4 Å². The van der Waals surface area contributed by atoms with E-state index in [1.165, 1.54) is 18.2 Å². The summed E-state index contributed by atoms with van der Waals surface area (Å²) in [6.07, 6.45) is 0.526. The number of anilines is 1. The summed E-state index contributed by atoms with van der Waals surface area (Å²) in [5.41, 5.74) is 0.259. The fourth-order valence-electron chi connectivity index (χ4n) is 3.34. The third kappa shape index (κ3) is 2.16. The van der Waals surface area contributed by atoms with Gasteiger partial charge in [0.25, 0.3) is 0 Å². The van der Waals surface area contributed by atoms with E-state index in [1.54, 1.807) is 29.2 Å². The highest BCUT2D eigenvalue weighted by molar-refractivity contribution is 7.80. The Bertz CT molecular complexity index is 813. The van der Waals surface area contributed by atoms with Gasteiger partial charge in [0.2, 0.25) is 0 Å². The summed E-state index contributed by atoms with van der Waals surface area (Å²) in [5.74, 6) is -0.105. The molecule has 1 fully saturated rings. The number of thiocarbonyl (C=S) groups is 1. The average molecular weight is 332 g/mol. The molecule has 2 aromatic rings. The molecule has 0 spiro atoms. The highest BCUT2D eigenvalue weighted by atomic mass is 32.1. The monoisotopic (exact) mass is 332 g/mol. The molecule has 2 bridgehead atoms. The van der Waals surface area contributed by atoms with Crippen molar-refractivity contribution in [1.29, 1.82) is 0 Å². The van der Waals surface area contributed by atoms with Gasteiger partial charge in [-0.3, -0.25) is 4.90 Å². The van der Waals surface area contributed by atoms with Crippen LogP contribution in [0.2, 0.25) is 0 Å². The highest BCUT2D eigenvalue weighted by Crippen LogP contribution is 2.46. The maximum absolute atomic E-state index is 14.3. The molecule has 2 aromatic carbocycles. The summed E-state index contributed by atoms with van der Waals surface area (Å²) in [5, 5.41) is 3.54. The van der Waals surface area contributed by atoms with Gasteiger partial charge in [0.05, 0.1) is 11.7 Å².